The van der Waals surface area contributed by atoms with Crippen molar-refractivity contribution in [3.8, 4) is 0 Å². The van der Waals surface area contributed by atoms with Gasteiger partial charge in [0.15, 0.2) is 0 Å². The number of nitrogens with one attached hydrogen (secondary N) is 2. The predicted molar refractivity (Wildman–Crippen MR) is 54.4 cm³/mol. The van der Waals surface area contributed by atoms with Gasteiger partial charge in [-0.05, 0) is 37.3 Å². The Morgan fingerprint density at radius 1 is 1.54 bits per heavy atom. The summed E-state index contributed by atoms with van der Waals surface area (Å²) < 4.78 is 0. The van der Waals surface area contributed by atoms with Crippen LogP contribution in [0.15, 0.2) is 18.3 Å². The molecule has 1 aliphatic rings. The molecule has 2 atom stereocenters. The number of aromatic nitrogens is 1. The van der Waals surface area contributed by atoms with E-state index < -0.39 is 0 Å². The Morgan fingerprint density at radius 2 is 2.46 bits per heavy atom. The fourth-order valence-electron chi connectivity index (χ4n) is 2.12. The monoisotopic (exact) mass is 178 g/mol. The van der Waals surface area contributed by atoms with E-state index in [0.29, 0.717) is 0 Å². The lowest BCUT2D eigenvalue weighted by Crippen LogP contribution is -2.25. The Balaban J connectivity index is 1.74. The van der Waals surface area contributed by atoms with Crippen molar-refractivity contribution in [2.45, 2.75) is 38.8 Å². The molecule has 0 spiro atoms. The minimum Gasteiger partial charge on any atom is -0.364 e. The van der Waals surface area contributed by atoms with Crippen LogP contribution in [0, 0.1) is 5.92 Å². The standard InChI is InChI=1S/C11H18N2/c1-9-4-5-10(7-9)13-8-11-3-2-6-12-11/h2-3,6,9-10,12-13H,4-5,7-8H2,1H3. The molecule has 1 fully saturated rings. The summed E-state index contributed by atoms with van der Waals surface area (Å²) in [5.74, 6) is 0.918. The molecule has 1 heterocycles. The van der Waals surface area contributed by atoms with Gasteiger partial charge in [-0.1, -0.05) is 6.92 Å². The predicted octanol–water partition coefficient (Wildman–Crippen LogP) is 2.29. The van der Waals surface area contributed by atoms with Gasteiger partial charge < -0.3 is 10.3 Å². The van der Waals surface area contributed by atoms with E-state index in [4.69, 9.17) is 0 Å². The molecule has 0 bridgehead atoms. The number of H-pyrrole nitrogens is 1. The van der Waals surface area contributed by atoms with E-state index in [1.165, 1.54) is 25.0 Å². The van der Waals surface area contributed by atoms with Crippen LogP contribution in [0.5, 0.6) is 0 Å². The largest absolute Gasteiger partial charge is 0.364 e. The van der Waals surface area contributed by atoms with Gasteiger partial charge in [0.2, 0.25) is 0 Å². The summed E-state index contributed by atoms with van der Waals surface area (Å²) in [5, 5.41) is 3.58. The summed E-state index contributed by atoms with van der Waals surface area (Å²) in [6, 6.07) is 4.93. The van der Waals surface area contributed by atoms with Gasteiger partial charge in [0.1, 0.15) is 0 Å². The zero-order valence-corrected chi connectivity index (χ0v) is 8.22. The molecular weight excluding hydrogens is 160 g/mol. The van der Waals surface area contributed by atoms with Gasteiger partial charge in [0, 0.05) is 24.5 Å². The minimum atomic E-state index is 0.748. The highest BCUT2D eigenvalue weighted by molar-refractivity contribution is 5.03. The minimum absolute atomic E-state index is 0.748. The topological polar surface area (TPSA) is 27.8 Å². The molecule has 2 nitrogen and oxygen atoms in total. The Labute approximate surface area is 79.7 Å². The van der Waals surface area contributed by atoms with Gasteiger partial charge in [-0.3, -0.25) is 0 Å². The highest BCUT2D eigenvalue weighted by atomic mass is 14.9. The second kappa shape index (κ2) is 3.97. The van der Waals surface area contributed by atoms with Gasteiger partial charge in [-0.15, -0.1) is 0 Å². The highest BCUT2D eigenvalue weighted by Gasteiger charge is 2.20. The quantitative estimate of drug-likeness (QED) is 0.730. The molecule has 0 aromatic carbocycles. The van der Waals surface area contributed by atoms with Gasteiger partial charge >= 0.3 is 0 Å². The fraction of sp³-hybridized carbons (Fsp3) is 0.636. The van der Waals surface area contributed by atoms with Crippen molar-refractivity contribution in [3.05, 3.63) is 24.0 Å². The average molecular weight is 178 g/mol. The molecule has 1 aromatic heterocycles. The number of hydrogen-bond acceptors (Lipinski definition) is 1. The van der Waals surface area contributed by atoms with Crippen LogP contribution in [0.4, 0.5) is 0 Å². The summed E-state index contributed by atoms with van der Waals surface area (Å²) in [6.45, 7) is 3.33. The van der Waals surface area contributed by atoms with Crippen molar-refractivity contribution in [1.29, 1.82) is 0 Å². The Bertz CT molecular complexity index is 241. The normalized spacial score (nSPS) is 28.1. The number of hydrogen-bond donors (Lipinski definition) is 2. The first-order chi connectivity index (χ1) is 6.34. The third-order valence-corrected chi connectivity index (χ3v) is 2.94. The highest BCUT2D eigenvalue weighted by Crippen LogP contribution is 2.24. The number of rotatable bonds is 3. The summed E-state index contributed by atoms with van der Waals surface area (Å²) >= 11 is 0. The van der Waals surface area contributed by atoms with E-state index in [1.54, 1.807) is 0 Å². The first-order valence-corrected chi connectivity index (χ1v) is 5.20. The lowest BCUT2D eigenvalue weighted by Gasteiger charge is -2.10. The van der Waals surface area contributed by atoms with E-state index in [1.807, 2.05) is 12.3 Å². The molecule has 0 saturated heterocycles. The second-order valence-electron chi connectivity index (χ2n) is 4.19. The van der Waals surface area contributed by atoms with Gasteiger partial charge in [0.05, 0.1) is 0 Å². The van der Waals surface area contributed by atoms with Crippen LogP contribution in [-0.4, -0.2) is 11.0 Å². The van der Waals surface area contributed by atoms with Crippen LogP contribution in [0.2, 0.25) is 0 Å². The van der Waals surface area contributed by atoms with Crippen molar-refractivity contribution < 1.29 is 0 Å². The van der Waals surface area contributed by atoms with Crippen molar-refractivity contribution in [2.24, 2.45) is 5.92 Å². The molecule has 13 heavy (non-hydrogen) atoms. The first kappa shape index (κ1) is 8.82. The molecule has 72 valence electrons. The molecule has 1 aliphatic carbocycles. The van der Waals surface area contributed by atoms with Crippen molar-refractivity contribution in [2.75, 3.05) is 0 Å². The fourth-order valence-corrected chi connectivity index (χ4v) is 2.12. The summed E-state index contributed by atoms with van der Waals surface area (Å²) in [4.78, 5) is 3.21. The molecule has 0 radical (unpaired) electrons. The van der Waals surface area contributed by atoms with Crippen molar-refractivity contribution >= 4 is 0 Å². The van der Waals surface area contributed by atoms with Gasteiger partial charge in [-0.25, -0.2) is 0 Å². The van der Waals surface area contributed by atoms with Crippen LogP contribution in [-0.2, 0) is 6.54 Å². The van der Waals surface area contributed by atoms with E-state index in [2.05, 4.69) is 23.3 Å². The first-order valence-electron chi connectivity index (χ1n) is 5.20. The van der Waals surface area contributed by atoms with Crippen molar-refractivity contribution in [1.82, 2.24) is 10.3 Å². The van der Waals surface area contributed by atoms with E-state index >= 15 is 0 Å². The molecule has 2 heteroatoms. The average Bonchev–Trinajstić information content (AvgIpc) is 2.71. The maximum absolute atomic E-state index is 3.58. The zero-order chi connectivity index (χ0) is 9.10. The molecule has 0 amide bonds. The van der Waals surface area contributed by atoms with Gasteiger partial charge in [0.25, 0.3) is 0 Å². The van der Waals surface area contributed by atoms with Crippen LogP contribution in [0.3, 0.4) is 0 Å². The van der Waals surface area contributed by atoms with Crippen molar-refractivity contribution in [3.63, 3.8) is 0 Å². The number of aromatic amines is 1. The summed E-state index contributed by atoms with van der Waals surface area (Å²) in [6.07, 6.45) is 6.07. The zero-order valence-electron chi connectivity index (χ0n) is 8.22. The second-order valence-corrected chi connectivity index (χ2v) is 4.19. The van der Waals surface area contributed by atoms with E-state index in [9.17, 15) is 0 Å². The molecule has 2 rings (SSSR count). The van der Waals surface area contributed by atoms with E-state index in [0.717, 1.165) is 18.5 Å². The van der Waals surface area contributed by atoms with E-state index in [-0.39, 0.29) is 0 Å². The molecular formula is C11H18N2. The maximum Gasteiger partial charge on any atom is 0.0359 e. The third-order valence-electron chi connectivity index (χ3n) is 2.94. The van der Waals surface area contributed by atoms with Crippen LogP contribution in [0.1, 0.15) is 31.9 Å². The maximum atomic E-state index is 3.58. The van der Waals surface area contributed by atoms with Gasteiger partial charge in [-0.2, -0.15) is 0 Å². The van der Waals surface area contributed by atoms with Crippen LogP contribution in [0.25, 0.3) is 0 Å². The Kier molecular flexibility index (Phi) is 2.69. The molecule has 0 aliphatic heterocycles. The Morgan fingerprint density at radius 3 is 3.08 bits per heavy atom. The molecule has 2 N–H and O–H groups in total. The SMILES string of the molecule is CC1CCC(NCc2ccc[nH]2)C1. The molecule has 1 saturated carbocycles. The lowest BCUT2D eigenvalue weighted by molar-refractivity contribution is 0.499. The van der Waals surface area contributed by atoms with Crippen LogP contribution < -0.4 is 5.32 Å². The third kappa shape index (κ3) is 2.34. The Hall–Kier alpha value is -0.760. The van der Waals surface area contributed by atoms with Crippen LogP contribution >= 0.6 is 0 Å². The molecule has 2 unspecified atom stereocenters. The summed E-state index contributed by atoms with van der Waals surface area (Å²) in [5.41, 5.74) is 1.29. The molecule has 1 aromatic rings. The lowest BCUT2D eigenvalue weighted by atomic mass is 10.1. The smallest absolute Gasteiger partial charge is 0.0359 e. The summed E-state index contributed by atoms with van der Waals surface area (Å²) in [7, 11) is 0.